The van der Waals surface area contributed by atoms with Crippen molar-refractivity contribution in [3.63, 3.8) is 0 Å². The molecule has 5 heteroatoms. The van der Waals surface area contributed by atoms with Crippen molar-refractivity contribution in [2.45, 2.75) is 44.6 Å². The van der Waals surface area contributed by atoms with Gasteiger partial charge in [0.1, 0.15) is 0 Å². The van der Waals surface area contributed by atoms with Crippen molar-refractivity contribution in [1.82, 2.24) is 9.97 Å². The summed E-state index contributed by atoms with van der Waals surface area (Å²) in [6.45, 7) is 8.44. The van der Waals surface area contributed by atoms with Crippen molar-refractivity contribution < 1.29 is 0 Å². The minimum Gasteiger partial charge on any atom is -0.326 e. The van der Waals surface area contributed by atoms with Crippen molar-refractivity contribution in [2.24, 2.45) is 0 Å². The lowest BCUT2D eigenvalue weighted by Gasteiger charge is -2.10. The van der Waals surface area contributed by atoms with Crippen LogP contribution in [0.2, 0.25) is 0 Å². The Morgan fingerprint density at radius 1 is 1.18 bits per heavy atom. The summed E-state index contributed by atoms with van der Waals surface area (Å²) in [6.07, 6.45) is 0. The van der Waals surface area contributed by atoms with E-state index in [1.807, 2.05) is 37.7 Å². The second kappa shape index (κ2) is 7.49. The molecule has 0 saturated heterocycles. The minimum absolute atomic E-state index is 0.133. The number of anilines is 2. The summed E-state index contributed by atoms with van der Waals surface area (Å²) in [5.74, 6) is 1.72. The van der Waals surface area contributed by atoms with Crippen LogP contribution in [0.25, 0.3) is 0 Å². The molecule has 2 aromatic rings. The normalized spacial score (nSPS) is 11.2. The topological polar surface area (TPSA) is 57.8 Å². The Morgan fingerprint density at radius 2 is 1.86 bits per heavy atom. The maximum Gasteiger partial charge on any atom is 0.252 e. The van der Waals surface area contributed by atoms with E-state index >= 15 is 0 Å². The van der Waals surface area contributed by atoms with Gasteiger partial charge in [0.25, 0.3) is 5.56 Å². The molecule has 0 aliphatic heterocycles. The van der Waals surface area contributed by atoms with Gasteiger partial charge in [0.2, 0.25) is 5.95 Å². The second-order valence-corrected chi connectivity index (χ2v) is 7.42. The third-order valence-corrected chi connectivity index (χ3v) is 4.32. The number of aromatic nitrogens is 2. The van der Waals surface area contributed by atoms with Crippen LogP contribution in [-0.4, -0.2) is 15.2 Å². The average molecular weight is 317 g/mol. The number of nitrogens with one attached hydrogen (secondary N) is 2. The Balaban J connectivity index is 2.09. The molecule has 0 radical (unpaired) electrons. The van der Waals surface area contributed by atoms with Crippen molar-refractivity contribution >= 4 is 23.4 Å². The van der Waals surface area contributed by atoms with Crippen LogP contribution in [0.3, 0.4) is 0 Å². The van der Waals surface area contributed by atoms with Crippen LogP contribution in [0.1, 0.15) is 44.9 Å². The van der Waals surface area contributed by atoms with Gasteiger partial charge in [-0.2, -0.15) is 11.8 Å². The summed E-state index contributed by atoms with van der Waals surface area (Å²) in [5, 5.41) is 3.79. The standard InChI is InChI=1S/C17H23N3OS/c1-11(2)15-9-16(21)20-17(19-15)18-14-7-5-13(6-8-14)10-22-12(3)4/h5-9,11-12H,10H2,1-4H3,(H2,18,19,20,21). The minimum atomic E-state index is -0.133. The van der Waals surface area contributed by atoms with E-state index in [1.165, 1.54) is 5.56 Å². The van der Waals surface area contributed by atoms with E-state index in [9.17, 15) is 4.79 Å². The lowest BCUT2D eigenvalue weighted by molar-refractivity contribution is 0.812. The van der Waals surface area contributed by atoms with Gasteiger partial charge >= 0.3 is 0 Å². The first-order valence-corrected chi connectivity index (χ1v) is 8.57. The van der Waals surface area contributed by atoms with E-state index < -0.39 is 0 Å². The molecule has 0 aliphatic carbocycles. The largest absolute Gasteiger partial charge is 0.326 e. The molecule has 1 heterocycles. The van der Waals surface area contributed by atoms with E-state index in [0.29, 0.717) is 11.2 Å². The SMILES string of the molecule is CC(C)SCc1ccc(Nc2nc(C(C)C)cc(=O)[nH]2)cc1. The van der Waals surface area contributed by atoms with Crippen LogP contribution in [0.5, 0.6) is 0 Å². The van der Waals surface area contributed by atoms with Gasteiger partial charge in [-0.25, -0.2) is 4.98 Å². The molecular formula is C17H23N3OS. The molecule has 2 rings (SSSR count). The first-order chi connectivity index (χ1) is 10.4. The molecule has 0 fully saturated rings. The Labute approximate surface area is 135 Å². The van der Waals surface area contributed by atoms with Crippen LogP contribution >= 0.6 is 11.8 Å². The number of rotatable bonds is 6. The first-order valence-electron chi connectivity index (χ1n) is 7.53. The number of thioether (sulfide) groups is 1. The molecule has 0 aliphatic rings. The summed E-state index contributed by atoms with van der Waals surface area (Å²) >= 11 is 1.92. The maximum absolute atomic E-state index is 11.7. The third kappa shape index (κ3) is 4.91. The monoisotopic (exact) mass is 317 g/mol. The quantitative estimate of drug-likeness (QED) is 0.835. The van der Waals surface area contributed by atoms with Crippen LogP contribution in [-0.2, 0) is 5.75 Å². The van der Waals surface area contributed by atoms with Gasteiger partial charge in [-0.15, -0.1) is 0 Å². The Bertz CT molecular complexity index is 662. The van der Waals surface area contributed by atoms with E-state index in [0.717, 1.165) is 17.1 Å². The molecule has 0 spiro atoms. The van der Waals surface area contributed by atoms with Crippen LogP contribution in [0, 0.1) is 0 Å². The lowest BCUT2D eigenvalue weighted by Crippen LogP contribution is -2.12. The van der Waals surface area contributed by atoms with Crippen molar-refractivity contribution in [1.29, 1.82) is 0 Å². The molecule has 0 bridgehead atoms. The maximum atomic E-state index is 11.7. The summed E-state index contributed by atoms with van der Waals surface area (Å²) < 4.78 is 0. The van der Waals surface area contributed by atoms with E-state index in [1.54, 1.807) is 6.07 Å². The van der Waals surface area contributed by atoms with E-state index in [-0.39, 0.29) is 11.5 Å². The number of benzene rings is 1. The average Bonchev–Trinajstić information content (AvgIpc) is 2.46. The first kappa shape index (κ1) is 16.6. The van der Waals surface area contributed by atoms with E-state index in [2.05, 4.69) is 41.3 Å². The highest BCUT2D eigenvalue weighted by molar-refractivity contribution is 7.99. The zero-order valence-electron chi connectivity index (χ0n) is 13.5. The molecule has 2 N–H and O–H groups in total. The number of nitrogens with zero attached hydrogens (tertiary/aromatic N) is 1. The Morgan fingerprint density at radius 3 is 2.45 bits per heavy atom. The second-order valence-electron chi connectivity index (χ2n) is 5.86. The summed E-state index contributed by atoms with van der Waals surface area (Å²) in [6, 6.07) is 9.77. The third-order valence-electron chi connectivity index (χ3n) is 3.15. The van der Waals surface area contributed by atoms with Gasteiger partial charge < -0.3 is 5.32 Å². The van der Waals surface area contributed by atoms with Crippen molar-refractivity contribution in [2.75, 3.05) is 5.32 Å². The fourth-order valence-electron chi connectivity index (χ4n) is 1.92. The Hall–Kier alpha value is -1.75. The molecular weight excluding hydrogens is 294 g/mol. The number of H-pyrrole nitrogens is 1. The summed E-state index contributed by atoms with van der Waals surface area (Å²) in [7, 11) is 0. The predicted molar refractivity (Wildman–Crippen MR) is 95.1 cm³/mol. The van der Waals surface area contributed by atoms with Gasteiger partial charge in [0, 0.05) is 17.5 Å². The lowest BCUT2D eigenvalue weighted by atomic mass is 10.1. The molecule has 4 nitrogen and oxygen atoms in total. The number of aromatic amines is 1. The van der Waals surface area contributed by atoms with Crippen LogP contribution < -0.4 is 10.9 Å². The molecule has 1 aromatic heterocycles. The molecule has 1 aromatic carbocycles. The van der Waals surface area contributed by atoms with Gasteiger partial charge in [-0.1, -0.05) is 39.8 Å². The smallest absolute Gasteiger partial charge is 0.252 e. The van der Waals surface area contributed by atoms with Crippen LogP contribution in [0.15, 0.2) is 35.1 Å². The van der Waals surface area contributed by atoms with Crippen molar-refractivity contribution in [3.05, 3.63) is 51.9 Å². The molecule has 22 heavy (non-hydrogen) atoms. The number of hydrogen-bond acceptors (Lipinski definition) is 4. The fourth-order valence-corrected chi connectivity index (χ4v) is 2.63. The zero-order valence-corrected chi connectivity index (χ0v) is 14.3. The van der Waals surface area contributed by atoms with Gasteiger partial charge in [-0.05, 0) is 28.9 Å². The molecule has 118 valence electrons. The highest BCUT2D eigenvalue weighted by atomic mass is 32.2. The predicted octanol–water partition coefficient (Wildman–Crippen LogP) is 4.28. The highest BCUT2D eigenvalue weighted by Gasteiger charge is 2.05. The Kier molecular flexibility index (Phi) is 5.66. The molecule has 0 amide bonds. The summed E-state index contributed by atoms with van der Waals surface area (Å²) in [4.78, 5) is 18.8. The van der Waals surface area contributed by atoms with Gasteiger partial charge in [-0.3, -0.25) is 9.78 Å². The van der Waals surface area contributed by atoms with Crippen LogP contribution in [0.4, 0.5) is 11.6 Å². The summed E-state index contributed by atoms with van der Waals surface area (Å²) in [5.41, 5.74) is 2.87. The highest BCUT2D eigenvalue weighted by Crippen LogP contribution is 2.20. The molecule has 0 saturated carbocycles. The van der Waals surface area contributed by atoms with Crippen molar-refractivity contribution in [3.8, 4) is 0 Å². The zero-order chi connectivity index (χ0) is 16.1. The van der Waals surface area contributed by atoms with Gasteiger partial charge in [0.15, 0.2) is 0 Å². The molecule has 0 atom stereocenters. The fraction of sp³-hybridized carbons (Fsp3) is 0.412. The van der Waals surface area contributed by atoms with Gasteiger partial charge in [0.05, 0.1) is 5.69 Å². The van der Waals surface area contributed by atoms with E-state index in [4.69, 9.17) is 0 Å². The molecule has 0 unspecified atom stereocenters. The number of hydrogen-bond donors (Lipinski definition) is 2.